The number of aromatic nitrogens is 2. The number of methoxy groups -OCH3 is 1. The number of nitrogens with zero attached hydrogens (tertiary/aromatic N) is 5. The van der Waals surface area contributed by atoms with Gasteiger partial charge in [0.15, 0.2) is 0 Å². The van der Waals surface area contributed by atoms with Crippen molar-refractivity contribution in [2.45, 2.75) is 43.8 Å². The van der Waals surface area contributed by atoms with Gasteiger partial charge in [-0.1, -0.05) is 29.8 Å². The number of carbonyl (C=O) groups is 2. The molecular weight excluding hydrogens is 630 g/mol. The standard InChI is InChI=1S/C32H36ClF4N5O4/c1-39-29(43)12-11-28(38-39)41-18-24(23-10-9-22(46-2)16-26(23)34)25(19-41)31(45)40-13-3-4-27(20-5-7-21(33)8-6-20)42(15-14-40)30(44)17-32(35,36)37/h5,7-12,16,20,24-25,27H,3-4,6,13-15,17-19H2,1-2H3/t20?,24-,25+,27-/m0/s1. The minimum Gasteiger partial charge on any atom is -0.497 e. The van der Waals surface area contributed by atoms with Crippen LogP contribution in [0.1, 0.15) is 37.2 Å². The SMILES string of the molecule is COc1ccc([C@@H]2CN(c3ccc(=O)n(C)n3)C[C@H]2C(=O)N2CCC[C@@H](C3C=CC(Cl)=CC3)N(C(=O)CC(F)(F)F)CC2)c(F)c1. The number of allylic oxidation sites excluding steroid dienone is 3. The topological polar surface area (TPSA) is 88.0 Å². The third-order valence-electron chi connectivity index (χ3n) is 9.02. The summed E-state index contributed by atoms with van der Waals surface area (Å²) in [7, 11) is 2.94. The molecule has 248 valence electrons. The number of carbonyl (C=O) groups excluding carboxylic acids is 2. The van der Waals surface area contributed by atoms with E-state index in [0.29, 0.717) is 48.0 Å². The minimum absolute atomic E-state index is 0.0262. The lowest BCUT2D eigenvalue weighted by Crippen LogP contribution is -2.52. The van der Waals surface area contributed by atoms with Crippen molar-refractivity contribution < 1.29 is 31.9 Å². The summed E-state index contributed by atoms with van der Waals surface area (Å²) in [4.78, 5) is 44.0. The number of hydrogen-bond donors (Lipinski definition) is 0. The smallest absolute Gasteiger partial charge is 0.397 e. The second kappa shape index (κ2) is 13.9. The first kappa shape index (κ1) is 33.5. The monoisotopic (exact) mass is 665 g/mol. The lowest BCUT2D eigenvalue weighted by molar-refractivity contribution is -0.165. The normalized spacial score (nSPS) is 24.0. The van der Waals surface area contributed by atoms with E-state index in [9.17, 15) is 27.6 Å². The Morgan fingerprint density at radius 3 is 2.54 bits per heavy atom. The zero-order chi connectivity index (χ0) is 33.2. The van der Waals surface area contributed by atoms with E-state index in [1.54, 1.807) is 35.3 Å². The highest BCUT2D eigenvalue weighted by Crippen LogP contribution is 2.38. The molecule has 2 amide bonds. The Balaban J connectivity index is 1.41. The van der Waals surface area contributed by atoms with Crippen molar-refractivity contribution >= 4 is 29.2 Å². The molecule has 3 aliphatic rings. The van der Waals surface area contributed by atoms with Crippen LogP contribution in [0.25, 0.3) is 0 Å². The van der Waals surface area contributed by atoms with Gasteiger partial charge in [-0.05, 0) is 43.0 Å². The molecule has 3 heterocycles. The number of anilines is 1. The Morgan fingerprint density at radius 1 is 1.11 bits per heavy atom. The van der Waals surface area contributed by atoms with Gasteiger partial charge in [0.1, 0.15) is 23.8 Å². The van der Waals surface area contributed by atoms with Crippen LogP contribution in [0.15, 0.2) is 58.4 Å². The molecule has 2 aromatic rings. The van der Waals surface area contributed by atoms with Gasteiger partial charge in [-0.3, -0.25) is 14.4 Å². The molecule has 1 aliphatic carbocycles. The Labute approximate surface area is 269 Å². The van der Waals surface area contributed by atoms with Gasteiger partial charge < -0.3 is 19.4 Å². The van der Waals surface area contributed by atoms with E-state index in [1.165, 1.54) is 35.9 Å². The van der Waals surface area contributed by atoms with E-state index in [4.69, 9.17) is 16.3 Å². The maximum atomic E-state index is 15.4. The lowest BCUT2D eigenvalue weighted by Gasteiger charge is -2.41. The summed E-state index contributed by atoms with van der Waals surface area (Å²) in [6, 6.07) is 6.90. The van der Waals surface area contributed by atoms with E-state index in [1.807, 2.05) is 11.0 Å². The number of ether oxygens (including phenoxy) is 1. The third kappa shape index (κ3) is 7.56. The highest BCUT2D eigenvalue weighted by molar-refractivity contribution is 6.31. The molecule has 1 aromatic carbocycles. The number of amides is 2. The number of rotatable bonds is 6. The molecule has 5 rings (SSSR count). The third-order valence-corrected chi connectivity index (χ3v) is 9.30. The van der Waals surface area contributed by atoms with Gasteiger partial charge in [0.05, 0.1) is 13.0 Å². The molecule has 46 heavy (non-hydrogen) atoms. The number of halogens is 5. The van der Waals surface area contributed by atoms with Crippen molar-refractivity contribution in [3.05, 3.63) is 75.3 Å². The maximum Gasteiger partial charge on any atom is 0.397 e. The first-order valence-corrected chi connectivity index (χ1v) is 15.5. The average molecular weight is 666 g/mol. The fourth-order valence-corrected chi connectivity index (χ4v) is 6.84. The summed E-state index contributed by atoms with van der Waals surface area (Å²) in [5, 5.41) is 4.86. The van der Waals surface area contributed by atoms with Gasteiger partial charge in [-0.15, -0.1) is 0 Å². The molecule has 9 nitrogen and oxygen atoms in total. The summed E-state index contributed by atoms with van der Waals surface area (Å²) in [5.41, 5.74) is 0.0103. The zero-order valence-electron chi connectivity index (χ0n) is 25.6. The van der Waals surface area contributed by atoms with Crippen molar-refractivity contribution in [1.82, 2.24) is 19.6 Å². The molecule has 1 unspecified atom stereocenters. The van der Waals surface area contributed by atoms with Crippen LogP contribution in [0.5, 0.6) is 5.75 Å². The van der Waals surface area contributed by atoms with Crippen molar-refractivity contribution in [2.75, 3.05) is 44.7 Å². The van der Waals surface area contributed by atoms with Gasteiger partial charge in [-0.2, -0.15) is 18.3 Å². The van der Waals surface area contributed by atoms with Crippen LogP contribution in [0.4, 0.5) is 23.4 Å². The summed E-state index contributed by atoms with van der Waals surface area (Å²) < 4.78 is 61.8. The van der Waals surface area contributed by atoms with Crippen LogP contribution in [-0.4, -0.2) is 83.4 Å². The van der Waals surface area contributed by atoms with Gasteiger partial charge in [-0.25, -0.2) is 9.07 Å². The van der Waals surface area contributed by atoms with Crippen molar-refractivity contribution in [2.24, 2.45) is 18.9 Å². The fourth-order valence-electron chi connectivity index (χ4n) is 6.68. The molecule has 0 radical (unpaired) electrons. The first-order chi connectivity index (χ1) is 21.8. The molecule has 14 heteroatoms. The Kier molecular flexibility index (Phi) is 10.1. The predicted molar refractivity (Wildman–Crippen MR) is 164 cm³/mol. The van der Waals surface area contributed by atoms with E-state index in [2.05, 4.69) is 5.10 Å². The van der Waals surface area contributed by atoms with Crippen molar-refractivity contribution in [1.29, 1.82) is 0 Å². The maximum absolute atomic E-state index is 15.4. The van der Waals surface area contributed by atoms with E-state index >= 15 is 4.39 Å². The number of hydrogen-bond acceptors (Lipinski definition) is 6. The first-order valence-electron chi connectivity index (χ1n) is 15.2. The highest BCUT2D eigenvalue weighted by atomic mass is 35.5. The highest BCUT2D eigenvalue weighted by Gasteiger charge is 2.43. The second-order valence-corrected chi connectivity index (χ2v) is 12.4. The molecule has 2 fully saturated rings. The van der Waals surface area contributed by atoms with Crippen molar-refractivity contribution in [3.63, 3.8) is 0 Å². The van der Waals surface area contributed by atoms with E-state index in [0.717, 1.165) is 0 Å². The molecular formula is C32H36ClF4N5O4. The Morgan fingerprint density at radius 2 is 1.89 bits per heavy atom. The van der Waals surface area contributed by atoms with Gasteiger partial charge in [0, 0.05) is 74.8 Å². The summed E-state index contributed by atoms with van der Waals surface area (Å²) in [6.45, 7) is 0.693. The second-order valence-electron chi connectivity index (χ2n) is 11.9. The molecule has 2 saturated heterocycles. The zero-order valence-corrected chi connectivity index (χ0v) is 26.3. The van der Waals surface area contributed by atoms with Gasteiger partial charge >= 0.3 is 6.18 Å². The van der Waals surface area contributed by atoms with Crippen LogP contribution in [0.2, 0.25) is 0 Å². The van der Waals surface area contributed by atoms with E-state index < -0.39 is 42.2 Å². The molecule has 0 saturated carbocycles. The summed E-state index contributed by atoms with van der Waals surface area (Å²) in [6.07, 6.45) is 0.385. The quantitative estimate of drug-likeness (QED) is 0.419. The van der Waals surface area contributed by atoms with Gasteiger partial charge in [0.2, 0.25) is 11.8 Å². The Hall–Kier alpha value is -3.87. The van der Waals surface area contributed by atoms with Crippen molar-refractivity contribution in [3.8, 4) is 5.75 Å². The predicted octanol–water partition coefficient (Wildman–Crippen LogP) is 4.62. The van der Waals surface area contributed by atoms with Crippen LogP contribution >= 0.6 is 11.6 Å². The number of aryl methyl sites for hydroxylation is 1. The number of benzene rings is 1. The lowest BCUT2D eigenvalue weighted by atomic mass is 9.86. The average Bonchev–Trinajstić information content (AvgIpc) is 3.43. The molecule has 0 N–H and O–H groups in total. The molecule has 4 atom stereocenters. The fraction of sp³-hybridized carbons (Fsp3) is 0.500. The molecule has 1 aromatic heterocycles. The Bertz CT molecular complexity index is 1580. The van der Waals surface area contributed by atoms with Gasteiger partial charge in [0.25, 0.3) is 5.56 Å². The minimum atomic E-state index is -4.68. The van der Waals surface area contributed by atoms with E-state index in [-0.39, 0.29) is 43.6 Å². The molecule has 0 bridgehead atoms. The van der Waals surface area contributed by atoms with Crippen LogP contribution < -0.4 is 15.2 Å². The van der Waals surface area contributed by atoms with Crippen LogP contribution in [0, 0.1) is 17.7 Å². The summed E-state index contributed by atoms with van der Waals surface area (Å²) >= 11 is 6.08. The van der Waals surface area contributed by atoms with Crippen LogP contribution in [-0.2, 0) is 16.6 Å². The molecule has 2 aliphatic heterocycles. The van der Waals surface area contributed by atoms with Crippen LogP contribution in [0.3, 0.4) is 0 Å². The number of alkyl halides is 3. The molecule has 0 spiro atoms. The largest absolute Gasteiger partial charge is 0.497 e. The summed E-state index contributed by atoms with van der Waals surface area (Å²) in [5.74, 6) is -2.62.